The van der Waals surface area contributed by atoms with Crippen LogP contribution in [0.25, 0.3) is 22.8 Å². The Balaban J connectivity index is 1.97. The van der Waals surface area contributed by atoms with E-state index < -0.39 is 0 Å². The molecule has 0 unspecified atom stereocenters. The molecule has 122 valence electrons. The van der Waals surface area contributed by atoms with Gasteiger partial charge in [0.15, 0.2) is 5.69 Å². The van der Waals surface area contributed by atoms with Crippen molar-refractivity contribution in [3.8, 4) is 22.8 Å². The molecular weight excluding hydrogens is 308 g/mol. The summed E-state index contributed by atoms with van der Waals surface area (Å²) in [6.07, 6.45) is 0. The van der Waals surface area contributed by atoms with Crippen LogP contribution in [0.2, 0.25) is 0 Å². The first-order chi connectivity index (χ1) is 12.2. The minimum absolute atomic E-state index is 0.701. The summed E-state index contributed by atoms with van der Waals surface area (Å²) in [5, 5.41) is 9.60. The zero-order valence-corrected chi connectivity index (χ0v) is 14.3. The van der Waals surface area contributed by atoms with Crippen LogP contribution < -0.4 is 4.80 Å². The van der Waals surface area contributed by atoms with Crippen molar-refractivity contribution >= 4 is 0 Å². The highest BCUT2D eigenvalue weighted by molar-refractivity contribution is 5.53. The average molecular weight is 327 g/mol. The number of hydrogen-bond donors (Lipinski definition) is 0. The van der Waals surface area contributed by atoms with E-state index in [1.54, 1.807) is 0 Å². The largest absolute Gasteiger partial charge is 0.340 e. The first kappa shape index (κ1) is 15.3. The fraction of sp³-hybridized carbons (Fsp3) is 0.0952. The van der Waals surface area contributed by atoms with Gasteiger partial charge in [0, 0.05) is 10.4 Å². The lowest BCUT2D eigenvalue weighted by Gasteiger charge is -2.04. The summed E-state index contributed by atoms with van der Waals surface area (Å²) in [5.74, 6) is 0.701. The summed E-state index contributed by atoms with van der Waals surface area (Å²) >= 11 is 0. The van der Waals surface area contributed by atoms with E-state index in [2.05, 4.69) is 38.1 Å². The predicted octanol–water partition coefficient (Wildman–Crippen LogP) is 3.83. The van der Waals surface area contributed by atoms with Crippen molar-refractivity contribution < 1.29 is 4.80 Å². The van der Waals surface area contributed by atoms with Crippen molar-refractivity contribution in [3.63, 3.8) is 0 Å². The van der Waals surface area contributed by atoms with Crippen LogP contribution in [0, 0.1) is 13.8 Å². The van der Waals surface area contributed by atoms with E-state index in [1.165, 1.54) is 0 Å². The smallest absolute Gasteiger partial charge is 0.0622 e. The molecule has 1 aromatic heterocycles. The minimum Gasteiger partial charge on any atom is -0.0622 e. The third-order valence-corrected chi connectivity index (χ3v) is 4.25. The van der Waals surface area contributed by atoms with Gasteiger partial charge in [-0.3, -0.25) is 0 Å². The molecule has 0 aliphatic heterocycles. The number of tetrazole rings is 1. The monoisotopic (exact) mass is 327 g/mol. The molecule has 0 spiro atoms. The van der Waals surface area contributed by atoms with Crippen molar-refractivity contribution in [2.45, 2.75) is 13.8 Å². The Labute approximate surface area is 147 Å². The van der Waals surface area contributed by atoms with Gasteiger partial charge in [-0.1, -0.05) is 54.6 Å². The summed E-state index contributed by atoms with van der Waals surface area (Å²) in [7, 11) is 0. The summed E-state index contributed by atoms with van der Waals surface area (Å²) < 4.78 is 0. The molecule has 0 aliphatic carbocycles. The molecule has 0 saturated carbocycles. The molecule has 0 N–H and O–H groups in total. The SMILES string of the molecule is Cc1ccccc1-n1nc(-c2ccccc2)n[n+]1-c1ccccc1C. The van der Waals surface area contributed by atoms with Gasteiger partial charge in [0.25, 0.3) is 0 Å². The van der Waals surface area contributed by atoms with Gasteiger partial charge >= 0.3 is 5.82 Å². The molecule has 0 radical (unpaired) electrons. The number of nitrogens with zero attached hydrogens (tertiary/aromatic N) is 4. The third-order valence-electron chi connectivity index (χ3n) is 4.25. The zero-order chi connectivity index (χ0) is 17.2. The van der Waals surface area contributed by atoms with Gasteiger partial charge in [-0.15, -0.1) is 0 Å². The number of hydrogen-bond acceptors (Lipinski definition) is 2. The molecule has 0 bridgehead atoms. The van der Waals surface area contributed by atoms with Gasteiger partial charge in [0.2, 0.25) is 0 Å². The molecule has 1 heterocycles. The van der Waals surface area contributed by atoms with Crippen LogP contribution in [0.4, 0.5) is 0 Å². The van der Waals surface area contributed by atoms with Crippen molar-refractivity contribution in [1.29, 1.82) is 0 Å². The van der Waals surface area contributed by atoms with Gasteiger partial charge in [0.05, 0.1) is 10.7 Å². The molecule has 4 aromatic rings. The number of rotatable bonds is 3. The second-order valence-corrected chi connectivity index (χ2v) is 6.04. The predicted molar refractivity (Wildman–Crippen MR) is 97.8 cm³/mol. The zero-order valence-electron chi connectivity index (χ0n) is 14.3. The van der Waals surface area contributed by atoms with Crippen LogP contribution in [0.3, 0.4) is 0 Å². The topological polar surface area (TPSA) is 34.6 Å². The van der Waals surface area contributed by atoms with Gasteiger partial charge in [-0.05, 0) is 53.6 Å². The Hall–Kier alpha value is -3.27. The Bertz CT molecular complexity index is 956. The van der Waals surface area contributed by atoms with Gasteiger partial charge < -0.3 is 0 Å². The first-order valence-corrected chi connectivity index (χ1v) is 8.31. The molecule has 25 heavy (non-hydrogen) atoms. The standard InChI is InChI=1S/C21H19N4/c1-16-10-6-8-14-19(16)24-22-21(18-12-4-3-5-13-18)23-25(24)20-15-9-7-11-17(20)2/h3-15H,1-2H3/q+1. The van der Waals surface area contributed by atoms with Crippen molar-refractivity contribution in [1.82, 2.24) is 15.0 Å². The Kier molecular flexibility index (Phi) is 3.86. The fourth-order valence-electron chi connectivity index (χ4n) is 2.87. The fourth-order valence-corrected chi connectivity index (χ4v) is 2.87. The minimum atomic E-state index is 0.701. The van der Waals surface area contributed by atoms with Gasteiger partial charge in [0.1, 0.15) is 5.69 Å². The molecule has 0 aliphatic rings. The molecule has 4 heteroatoms. The van der Waals surface area contributed by atoms with Crippen LogP contribution in [0.1, 0.15) is 11.1 Å². The van der Waals surface area contributed by atoms with Crippen LogP contribution in [-0.4, -0.2) is 15.0 Å². The maximum atomic E-state index is 4.80. The summed E-state index contributed by atoms with van der Waals surface area (Å²) in [6.45, 7) is 4.17. The molecule has 0 saturated heterocycles. The van der Waals surface area contributed by atoms with E-state index in [-0.39, 0.29) is 0 Å². The van der Waals surface area contributed by atoms with Crippen LogP contribution in [-0.2, 0) is 0 Å². The van der Waals surface area contributed by atoms with Crippen molar-refractivity contribution in [2.75, 3.05) is 0 Å². The Morgan fingerprint density at radius 2 is 1.36 bits per heavy atom. The van der Waals surface area contributed by atoms with Crippen LogP contribution in [0.5, 0.6) is 0 Å². The second kappa shape index (κ2) is 6.32. The first-order valence-electron chi connectivity index (χ1n) is 8.31. The summed E-state index contributed by atoms with van der Waals surface area (Å²) in [6, 6.07) is 26.5. The molecule has 0 fully saturated rings. The highest BCUT2D eigenvalue weighted by atomic mass is 15.7. The molecule has 4 nitrogen and oxygen atoms in total. The highest BCUT2D eigenvalue weighted by Gasteiger charge is 2.24. The quantitative estimate of drug-likeness (QED) is 0.536. The van der Waals surface area contributed by atoms with Gasteiger partial charge in [-0.2, -0.15) is 0 Å². The van der Waals surface area contributed by atoms with E-state index in [1.807, 2.05) is 64.2 Å². The van der Waals surface area contributed by atoms with Crippen LogP contribution in [0.15, 0.2) is 78.9 Å². The average Bonchev–Trinajstić information content (AvgIpc) is 3.08. The third kappa shape index (κ3) is 2.83. The molecular formula is C21H19N4+. The van der Waals surface area contributed by atoms with E-state index in [4.69, 9.17) is 10.2 Å². The van der Waals surface area contributed by atoms with E-state index in [0.29, 0.717) is 5.82 Å². The second-order valence-electron chi connectivity index (χ2n) is 6.04. The van der Waals surface area contributed by atoms with Crippen molar-refractivity contribution in [2.24, 2.45) is 0 Å². The lowest BCUT2D eigenvalue weighted by Crippen LogP contribution is -2.44. The molecule has 0 atom stereocenters. The molecule has 3 aromatic carbocycles. The highest BCUT2D eigenvalue weighted by Crippen LogP contribution is 2.17. The number of aromatic nitrogens is 4. The molecule has 4 rings (SSSR count). The molecule has 0 amide bonds. The number of aryl methyl sites for hydroxylation is 2. The number of para-hydroxylation sites is 2. The van der Waals surface area contributed by atoms with Crippen LogP contribution >= 0.6 is 0 Å². The maximum absolute atomic E-state index is 4.80. The summed E-state index contributed by atoms with van der Waals surface area (Å²) in [4.78, 5) is 3.75. The summed E-state index contributed by atoms with van der Waals surface area (Å²) in [5.41, 5.74) is 5.32. The lowest BCUT2D eigenvalue weighted by molar-refractivity contribution is -0.734. The maximum Gasteiger partial charge on any atom is 0.340 e. The number of benzene rings is 3. The lowest BCUT2D eigenvalue weighted by atomic mass is 10.2. The van der Waals surface area contributed by atoms with E-state index in [9.17, 15) is 0 Å². The Morgan fingerprint density at radius 1 is 0.720 bits per heavy atom. The normalized spacial score (nSPS) is 10.8. The Morgan fingerprint density at radius 3 is 2.08 bits per heavy atom. The van der Waals surface area contributed by atoms with E-state index in [0.717, 1.165) is 28.1 Å². The van der Waals surface area contributed by atoms with Gasteiger partial charge in [-0.25, -0.2) is 0 Å². The van der Waals surface area contributed by atoms with E-state index >= 15 is 0 Å². The van der Waals surface area contributed by atoms with Crippen molar-refractivity contribution in [3.05, 3.63) is 90.0 Å².